The lowest BCUT2D eigenvalue weighted by atomic mass is 10.1. The number of pyridine rings is 1. The number of rotatable bonds is 3. The predicted molar refractivity (Wildman–Crippen MR) is 84.5 cm³/mol. The average molecular weight is 355 g/mol. The summed E-state index contributed by atoms with van der Waals surface area (Å²) in [5.74, 6) is -2.59. The van der Waals surface area contributed by atoms with Crippen LogP contribution < -0.4 is 4.74 Å². The number of hydrogen-bond acceptors (Lipinski definition) is 6. The number of hydrogen-bond donors (Lipinski definition) is 3. The Bertz CT molecular complexity index is 719. The average Bonchev–Trinajstić information content (AvgIpc) is 2.59. The molecule has 8 heteroatoms. The highest BCUT2D eigenvalue weighted by atomic mass is 32.2. The van der Waals surface area contributed by atoms with Gasteiger partial charge in [0.25, 0.3) is 0 Å². The second-order valence-corrected chi connectivity index (χ2v) is 6.48. The molecule has 1 aliphatic heterocycles. The molecule has 0 unspecified atom stereocenters. The number of halogens is 2. The molecule has 24 heavy (non-hydrogen) atoms. The van der Waals surface area contributed by atoms with Gasteiger partial charge in [-0.1, -0.05) is 6.07 Å². The first-order chi connectivity index (χ1) is 11.5. The largest absolute Gasteiger partial charge is 0.474 e. The van der Waals surface area contributed by atoms with Crippen LogP contribution in [0.3, 0.4) is 0 Å². The van der Waals surface area contributed by atoms with Crippen molar-refractivity contribution in [3.05, 3.63) is 48.2 Å². The zero-order valence-corrected chi connectivity index (χ0v) is 13.2. The van der Waals surface area contributed by atoms with Gasteiger partial charge < -0.3 is 20.1 Å². The van der Waals surface area contributed by atoms with Gasteiger partial charge in [0.2, 0.25) is 5.82 Å². The lowest BCUT2D eigenvalue weighted by molar-refractivity contribution is -0.0790. The summed E-state index contributed by atoms with van der Waals surface area (Å²) in [4.78, 5) is 4.07. The van der Waals surface area contributed by atoms with Crippen molar-refractivity contribution in [3.63, 3.8) is 0 Å². The molecule has 128 valence electrons. The Balaban J connectivity index is 1.89. The number of thioether (sulfide) groups is 1. The molecular weight excluding hydrogens is 340 g/mol. The molecule has 1 aromatic carbocycles. The van der Waals surface area contributed by atoms with E-state index in [2.05, 4.69) is 4.98 Å². The first-order valence-corrected chi connectivity index (χ1v) is 8.25. The topological polar surface area (TPSA) is 82.8 Å². The maximum atomic E-state index is 14.0. The Morgan fingerprint density at radius 2 is 1.92 bits per heavy atom. The molecule has 0 amide bonds. The molecule has 1 aliphatic rings. The van der Waals surface area contributed by atoms with Crippen molar-refractivity contribution in [2.45, 2.75) is 23.7 Å². The zero-order chi connectivity index (χ0) is 17.3. The van der Waals surface area contributed by atoms with Gasteiger partial charge in [0.15, 0.2) is 17.0 Å². The van der Waals surface area contributed by atoms with Crippen LogP contribution in [0.15, 0.2) is 36.5 Å². The second-order valence-electron chi connectivity index (χ2n) is 5.35. The Morgan fingerprint density at radius 3 is 2.62 bits per heavy atom. The van der Waals surface area contributed by atoms with Gasteiger partial charge >= 0.3 is 0 Å². The fraction of sp³-hybridized carbons (Fsp3) is 0.312. The molecule has 5 nitrogen and oxygen atoms in total. The summed E-state index contributed by atoms with van der Waals surface area (Å²) in [7, 11) is 0. The van der Waals surface area contributed by atoms with E-state index in [0.717, 1.165) is 17.8 Å². The number of benzene rings is 1. The molecule has 1 aromatic heterocycles. The predicted octanol–water partition coefficient (Wildman–Crippen LogP) is 1.56. The molecular formula is C16H15F2NO4S. The van der Waals surface area contributed by atoms with Crippen LogP contribution in [0.1, 0.15) is 0 Å². The van der Waals surface area contributed by atoms with Crippen molar-refractivity contribution >= 4 is 11.8 Å². The van der Waals surface area contributed by atoms with E-state index in [9.17, 15) is 24.1 Å². The van der Waals surface area contributed by atoms with E-state index < -0.39 is 41.1 Å². The van der Waals surface area contributed by atoms with Crippen molar-refractivity contribution in [1.29, 1.82) is 0 Å². The SMILES string of the molecule is O[C@@H]1[C@@H](O)[C@@H](Oc2cc(-c3ccccn3)cc(F)c2F)SC[C@H]1O. The summed E-state index contributed by atoms with van der Waals surface area (Å²) >= 11 is 1.01. The highest BCUT2D eigenvalue weighted by molar-refractivity contribution is 7.99. The first-order valence-electron chi connectivity index (χ1n) is 7.20. The molecule has 4 atom stereocenters. The number of aromatic nitrogens is 1. The number of aliphatic hydroxyl groups excluding tert-OH is 3. The number of nitrogens with zero attached hydrogens (tertiary/aromatic N) is 1. The molecule has 2 aromatic rings. The van der Waals surface area contributed by atoms with E-state index in [-0.39, 0.29) is 5.75 Å². The zero-order valence-electron chi connectivity index (χ0n) is 12.3. The monoisotopic (exact) mass is 355 g/mol. The highest BCUT2D eigenvalue weighted by Gasteiger charge is 2.39. The lowest BCUT2D eigenvalue weighted by Gasteiger charge is -2.34. The molecule has 0 aliphatic carbocycles. The molecule has 0 radical (unpaired) electrons. The summed E-state index contributed by atoms with van der Waals surface area (Å²) in [6.45, 7) is 0. The van der Waals surface area contributed by atoms with E-state index in [0.29, 0.717) is 11.3 Å². The van der Waals surface area contributed by atoms with Gasteiger partial charge in [-0.15, -0.1) is 11.8 Å². The normalized spacial score (nSPS) is 27.0. The minimum Gasteiger partial charge on any atom is -0.474 e. The molecule has 3 rings (SSSR count). The van der Waals surface area contributed by atoms with E-state index >= 15 is 0 Å². The molecule has 0 bridgehead atoms. The van der Waals surface area contributed by atoms with Crippen molar-refractivity contribution < 1.29 is 28.8 Å². The van der Waals surface area contributed by atoms with Gasteiger partial charge in [-0.2, -0.15) is 4.39 Å². The van der Waals surface area contributed by atoms with Crippen molar-refractivity contribution in [3.8, 4) is 17.0 Å². The fourth-order valence-corrected chi connectivity index (χ4v) is 3.45. The van der Waals surface area contributed by atoms with Crippen LogP contribution in [0.5, 0.6) is 5.75 Å². The fourth-order valence-electron chi connectivity index (χ4n) is 2.34. The van der Waals surface area contributed by atoms with Crippen LogP contribution in [0, 0.1) is 11.6 Å². The summed E-state index contributed by atoms with van der Waals surface area (Å²) in [5, 5.41) is 29.1. The van der Waals surface area contributed by atoms with E-state index in [1.54, 1.807) is 18.2 Å². The Labute approximate surface area is 140 Å². The number of ether oxygens (including phenoxy) is 1. The van der Waals surface area contributed by atoms with Crippen LogP contribution in [-0.2, 0) is 0 Å². The van der Waals surface area contributed by atoms with Gasteiger partial charge in [-0.3, -0.25) is 4.98 Å². The Morgan fingerprint density at radius 1 is 1.12 bits per heavy atom. The minimum atomic E-state index is -1.43. The summed E-state index contributed by atoms with van der Waals surface area (Å²) in [6.07, 6.45) is -2.43. The van der Waals surface area contributed by atoms with Crippen LogP contribution >= 0.6 is 11.8 Å². The third kappa shape index (κ3) is 3.36. The van der Waals surface area contributed by atoms with Crippen molar-refractivity contribution in [2.75, 3.05) is 5.75 Å². The third-order valence-corrected chi connectivity index (χ3v) is 4.89. The standard InChI is InChI=1S/C16H15F2NO4S/c17-9-5-8(10-3-1-2-4-19-10)6-12(13(9)18)23-16-15(22)14(21)11(20)7-24-16/h1-6,11,14-16,20-22H,7H2/t11-,14+,15-,16+/m1/s1. The van der Waals surface area contributed by atoms with Gasteiger partial charge in [0.05, 0.1) is 11.8 Å². The quantitative estimate of drug-likeness (QED) is 0.775. The van der Waals surface area contributed by atoms with Gasteiger partial charge in [0.1, 0.15) is 12.2 Å². The molecule has 0 saturated carbocycles. The van der Waals surface area contributed by atoms with Gasteiger partial charge in [-0.25, -0.2) is 4.39 Å². The summed E-state index contributed by atoms with van der Waals surface area (Å²) in [6, 6.07) is 7.34. The molecule has 2 heterocycles. The highest BCUT2D eigenvalue weighted by Crippen LogP contribution is 2.33. The van der Waals surface area contributed by atoms with Crippen LogP contribution in [-0.4, -0.2) is 49.8 Å². The first kappa shape index (κ1) is 17.1. The summed E-state index contributed by atoms with van der Waals surface area (Å²) in [5.41, 5.74) is -0.273. The Kier molecular flexibility index (Phi) is 5.00. The third-order valence-electron chi connectivity index (χ3n) is 3.65. The smallest absolute Gasteiger partial charge is 0.200 e. The maximum Gasteiger partial charge on any atom is 0.200 e. The number of aliphatic hydroxyl groups is 3. The summed E-state index contributed by atoms with van der Waals surface area (Å²) < 4.78 is 33.3. The minimum absolute atomic E-state index is 0.104. The molecule has 0 spiro atoms. The molecule has 3 N–H and O–H groups in total. The van der Waals surface area contributed by atoms with Crippen molar-refractivity contribution in [2.24, 2.45) is 0 Å². The Hall–Kier alpha value is -1.74. The van der Waals surface area contributed by atoms with Gasteiger partial charge in [0, 0.05) is 17.5 Å². The van der Waals surface area contributed by atoms with Crippen LogP contribution in [0.25, 0.3) is 11.3 Å². The van der Waals surface area contributed by atoms with Crippen LogP contribution in [0.2, 0.25) is 0 Å². The van der Waals surface area contributed by atoms with E-state index in [1.807, 2.05) is 0 Å². The maximum absolute atomic E-state index is 14.0. The van der Waals surface area contributed by atoms with E-state index in [4.69, 9.17) is 4.74 Å². The van der Waals surface area contributed by atoms with Gasteiger partial charge in [-0.05, 0) is 24.3 Å². The van der Waals surface area contributed by atoms with E-state index in [1.165, 1.54) is 12.3 Å². The molecule has 1 saturated heterocycles. The lowest BCUT2D eigenvalue weighted by Crippen LogP contribution is -2.50. The second kappa shape index (κ2) is 7.02. The van der Waals surface area contributed by atoms with Crippen LogP contribution in [0.4, 0.5) is 8.78 Å². The van der Waals surface area contributed by atoms with Crippen molar-refractivity contribution in [1.82, 2.24) is 4.98 Å². The molecule has 1 fully saturated rings.